The first-order valence-corrected chi connectivity index (χ1v) is 10.7. The van der Waals surface area contributed by atoms with E-state index >= 15 is 0 Å². The smallest absolute Gasteiger partial charge is 0.254 e. The van der Waals surface area contributed by atoms with Gasteiger partial charge in [0.15, 0.2) is 5.16 Å². The summed E-state index contributed by atoms with van der Waals surface area (Å²) < 4.78 is 7.41. The molecule has 1 amide bonds. The predicted molar refractivity (Wildman–Crippen MR) is 114 cm³/mol. The molecule has 0 radical (unpaired) electrons. The van der Waals surface area contributed by atoms with E-state index in [2.05, 4.69) is 33.8 Å². The first-order chi connectivity index (χ1) is 14.1. The SMILES string of the molecule is Cc1ccccc1-n1c(C)nnc1SCc1ccc(C(=O)N2CCOCC2)cc1. The fourth-order valence-corrected chi connectivity index (χ4v) is 4.31. The molecule has 6 nitrogen and oxygen atoms in total. The molecule has 2 heterocycles. The number of rotatable bonds is 5. The van der Waals surface area contributed by atoms with Crippen LogP contribution in [0.15, 0.2) is 53.7 Å². The molecule has 2 aromatic carbocycles. The standard InChI is InChI=1S/C22H24N4O2S/c1-16-5-3-4-6-20(16)26-17(2)23-24-22(26)29-15-18-7-9-19(10-8-18)21(27)25-11-13-28-14-12-25/h3-10H,11-15H2,1-2H3. The molecule has 29 heavy (non-hydrogen) atoms. The van der Waals surface area contributed by atoms with Gasteiger partial charge in [-0.15, -0.1) is 10.2 Å². The number of morpholine rings is 1. The second-order valence-corrected chi connectivity index (χ2v) is 7.98. The Kier molecular flexibility index (Phi) is 5.97. The van der Waals surface area contributed by atoms with Crippen molar-refractivity contribution >= 4 is 17.7 Å². The lowest BCUT2D eigenvalue weighted by Crippen LogP contribution is -2.40. The fourth-order valence-electron chi connectivity index (χ4n) is 3.37. The predicted octanol–water partition coefficient (Wildman–Crippen LogP) is 3.65. The minimum Gasteiger partial charge on any atom is -0.378 e. The third kappa shape index (κ3) is 4.36. The minimum absolute atomic E-state index is 0.0717. The zero-order valence-corrected chi connectivity index (χ0v) is 17.5. The summed E-state index contributed by atoms with van der Waals surface area (Å²) in [5.74, 6) is 1.70. The van der Waals surface area contributed by atoms with Crippen LogP contribution in [0.5, 0.6) is 0 Å². The Labute approximate surface area is 174 Å². The van der Waals surface area contributed by atoms with Crippen LogP contribution in [0.25, 0.3) is 5.69 Å². The Bertz CT molecular complexity index is 994. The summed E-state index contributed by atoms with van der Waals surface area (Å²) in [7, 11) is 0. The molecule has 0 aliphatic carbocycles. The van der Waals surface area contributed by atoms with Crippen molar-refractivity contribution in [3.63, 3.8) is 0 Å². The molecule has 1 aliphatic heterocycles. The maximum absolute atomic E-state index is 12.6. The summed E-state index contributed by atoms with van der Waals surface area (Å²) in [6.45, 7) is 6.60. The molecule has 0 bridgehead atoms. The number of nitrogens with zero attached hydrogens (tertiary/aromatic N) is 4. The molecular formula is C22H24N4O2S. The molecule has 150 valence electrons. The number of aryl methyl sites for hydroxylation is 2. The van der Waals surface area contributed by atoms with E-state index in [1.165, 1.54) is 5.56 Å². The summed E-state index contributed by atoms with van der Waals surface area (Å²) in [5.41, 5.74) is 4.15. The quantitative estimate of drug-likeness (QED) is 0.603. The largest absolute Gasteiger partial charge is 0.378 e. The van der Waals surface area contributed by atoms with E-state index < -0.39 is 0 Å². The monoisotopic (exact) mass is 408 g/mol. The Balaban J connectivity index is 1.45. The summed E-state index contributed by atoms with van der Waals surface area (Å²) >= 11 is 1.64. The van der Waals surface area contributed by atoms with Gasteiger partial charge in [0.1, 0.15) is 5.82 Å². The van der Waals surface area contributed by atoms with Crippen LogP contribution in [0.3, 0.4) is 0 Å². The van der Waals surface area contributed by atoms with E-state index in [9.17, 15) is 4.79 Å². The summed E-state index contributed by atoms with van der Waals surface area (Å²) in [4.78, 5) is 14.4. The van der Waals surface area contributed by atoms with E-state index in [1.807, 2.05) is 48.2 Å². The van der Waals surface area contributed by atoms with Gasteiger partial charge in [0, 0.05) is 24.4 Å². The molecule has 7 heteroatoms. The molecule has 0 spiro atoms. The van der Waals surface area contributed by atoms with Crippen LogP contribution in [0.1, 0.15) is 27.3 Å². The molecule has 0 unspecified atom stereocenters. The topological polar surface area (TPSA) is 60.2 Å². The Morgan fingerprint density at radius 1 is 1.03 bits per heavy atom. The molecule has 1 aliphatic rings. The second-order valence-electron chi connectivity index (χ2n) is 7.04. The molecule has 3 aromatic rings. The van der Waals surface area contributed by atoms with E-state index in [1.54, 1.807) is 11.8 Å². The molecule has 1 aromatic heterocycles. The van der Waals surface area contributed by atoms with Crippen molar-refractivity contribution < 1.29 is 9.53 Å². The number of aromatic nitrogens is 3. The van der Waals surface area contributed by atoms with Gasteiger partial charge >= 0.3 is 0 Å². The number of hydrogen-bond donors (Lipinski definition) is 0. The summed E-state index contributed by atoms with van der Waals surface area (Å²) in [5, 5.41) is 9.49. The Morgan fingerprint density at radius 3 is 2.48 bits per heavy atom. The van der Waals surface area contributed by atoms with E-state index in [4.69, 9.17) is 4.74 Å². The van der Waals surface area contributed by atoms with Gasteiger partial charge in [-0.1, -0.05) is 42.1 Å². The number of ether oxygens (including phenoxy) is 1. The Morgan fingerprint density at radius 2 is 1.76 bits per heavy atom. The highest BCUT2D eigenvalue weighted by Gasteiger charge is 2.18. The van der Waals surface area contributed by atoms with Crippen LogP contribution in [-0.4, -0.2) is 51.9 Å². The average Bonchev–Trinajstić information content (AvgIpc) is 3.13. The Hall–Kier alpha value is -2.64. The maximum atomic E-state index is 12.6. The molecule has 4 rings (SSSR count). The van der Waals surface area contributed by atoms with E-state index in [0.717, 1.165) is 33.5 Å². The number of carbonyl (C=O) groups is 1. The first-order valence-electron chi connectivity index (χ1n) is 9.70. The normalized spacial score (nSPS) is 14.2. The number of benzene rings is 2. The summed E-state index contributed by atoms with van der Waals surface area (Å²) in [6, 6.07) is 16.1. The van der Waals surface area contributed by atoms with Crippen LogP contribution in [0, 0.1) is 13.8 Å². The zero-order chi connectivity index (χ0) is 20.2. The van der Waals surface area contributed by atoms with Gasteiger partial charge in [-0.2, -0.15) is 0 Å². The summed E-state index contributed by atoms with van der Waals surface area (Å²) in [6.07, 6.45) is 0. The number of para-hydroxylation sites is 1. The zero-order valence-electron chi connectivity index (χ0n) is 16.7. The van der Waals surface area contributed by atoms with Crippen LogP contribution in [0.2, 0.25) is 0 Å². The van der Waals surface area contributed by atoms with Crippen molar-refractivity contribution in [2.75, 3.05) is 26.3 Å². The number of thioether (sulfide) groups is 1. The van der Waals surface area contributed by atoms with Gasteiger partial charge in [0.25, 0.3) is 5.91 Å². The maximum Gasteiger partial charge on any atom is 0.254 e. The van der Waals surface area contributed by atoms with Gasteiger partial charge in [0.2, 0.25) is 0 Å². The van der Waals surface area contributed by atoms with Crippen LogP contribution in [-0.2, 0) is 10.5 Å². The van der Waals surface area contributed by atoms with E-state index in [-0.39, 0.29) is 5.91 Å². The number of carbonyl (C=O) groups excluding carboxylic acids is 1. The lowest BCUT2D eigenvalue weighted by Gasteiger charge is -2.26. The lowest BCUT2D eigenvalue weighted by atomic mass is 10.1. The van der Waals surface area contributed by atoms with Gasteiger partial charge in [-0.25, -0.2) is 0 Å². The fraction of sp³-hybridized carbons (Fsp3) is 0.318. The van der Waals surface area contributed by atoms with Gasteiger partial charge < -0.3 is 9.64 Å². The van der Waals surface area contributed by atoms with Crippen molar-refractivity contribution in [2.24, 2.45) is 0 Å². The molecule has 0 saturated carbocycles. The first kappa shape index (κ1) is 19.7. The van der Waals surface area contributed by atoms with Crippen LogP contribution < -0.4 is 0 Å². The highest BCUT2D eigenvalue weighted by molar-refractivity contribution is 7.98. The highest BCUT2D eigenvalue weighted by atomic mass is 32.2. The third-order valence-electron chi connectivity index (χ3n) is 5.02. The minimum atomic E-state index is 0.0717. The van der Waals surface area contributed by atoms with Crippen molar-refractivity contribution in [1.82, 2.24) is 19.7 Å². The van der Waals surface area contributed by atoms with Gasteiger partial charge in [-0.05, 0) is 43.2 Å². The van der Waals surface area contributed by atoms with Crippen molar-refractivity contribution in [3.05, 3.63) is 71.0 Å². The van der Waals surface area contributed by atoms with Crippen molar-refractivity contribution in [3.8, 4) is 5.69 Å². The molecular weight excluding hydrogens is 384 g/mol. The molecule has 0 atom stereocenters. The number of hydrogen-bond acceptors (Lipinski definition) is 5. The van der Waals surface area contributed by atoms with Gasteiger partial charge in [0.05, 0.1) is 18.9 Å². The molecule has 1 saturated heterocycles. The third-order valence-corrected chi connectivity index (χ3v) is 6.02. The lowest BCUT2D eigenvalue weighted by molar-refractivity contribution is 0.0303. The molecule has 0 N–H and O–H groups in total. The second kappa shape index (κ2) is 8.80. The highest BCUT2D eigenvalue weighted by Crippen LogP contribution is 2.26. The van der Waals surface area contributed by atoms with Crippen molar-refractivity contribution in [2.45, 2.75) is 24.8 Å². The average molecular weight is 409 g/mol. The van der Waals surface area contributed by atoms with Crippen molar-refractivity contribution in [1.29, 1.82) is 0 Å². The van der Waals surface area contributed by atoms with Gasteiger partial charge in [-0.3, -0.25) is 9.36 Å². The molecule has 1 fully saturated rings. The van der Waals surface area contributed by atoms with Crippen LogP contribution in [0.4, 0.5) is 0 Å². The number of amides is 1. The van der Waals surface area contributed by atoms with Crippen LogP contribution >= 0.6 is 11.8 Å². The van der Waals surface area contributed by atoms with E-state index in [0.29, 0.717) is 26.3 Å².